The number of hydrogen-bond donors (Lipinski definition) is 1. The summed E-state index contributed by atoms with van der Waals surface area (Å²) in [5.41, 5.74) is 0.305. The molecular formula is C17H23NO4S. The van der Waals surface area contributed by atoms with E-state index in [1.165, 1.54) is 17.6 Å². The summed E-state index contributed by atoms with van der Waals surface area (Å²) in [5.74, 6) is -0.395. The van der Waals surface area contributed by atoms with Crippen molar-refractivity contribution >= 4 is 23.2 Å². The van der Waals surface area contributed by atoms with Gasteiger partial charge in [0, 0.05) is 36.9 Å². The number of amides is 1. The van der Waals surface area contributed by atoms with E-state index in [1.807, 2.05) is 0 Å². The third-order valence-electron chi connectivity index (χ3n) is 5.11. The van der Waals surface area contributed by atoms with Crippen LogP contribution >= 0.6 is 11.3 Å². The van der Waals surface area contributed by atoms with Crippen molar-refractivity contribution in [3.8, 4) is 0 Å². The van der Waals surface area contributed by atoms with Crippen molar-refractivity contribution in [1.29, 1.82) is 0 Å². The highest BCUT2D eigenvalue weighted by atomic mass is 32.1. The number of hydrogen-bond acceptors (Lipinski definition) is 4. The normalized spacial score (nSPS) is 30.3. The summed E-state index contributed by atoms with van der Waals surface area (Å²) in [7, 11) is 1.52. The second kappa shape index (κ2) is 6.24. The smallest absolute Gasteiger partial charge is 0.313 e. The molecule has 1 aliphatic carbocycles. The molecule has 1 aliphatic heterocycles. The standard InChI is InChI=1S/C17H23NO4S/c1-11-4-7-23-14(11)12-8-13(12)15(19)18-6-3-5-17(9-18,10-22-2)16(20)21/h4,7,12-13H,3,5-6,8-10H2,1-2H3,(H,20,21). The minimum absolute atomic E-state index is 0.0273. The van der Waals surface area contributed by atoms with Gasteiger partial charge in [0.25, 0.3) is 0 Å². The van der Waals surface area contributed by atoms with E-state index in [4.69, 9.17) is 4.74 Å². The molecule has 23 heavy (non-hydrogen) atoms. The number of aryl methyl sites for hydroxylation is 1. The van der Waals surface area contributed by atoms with Crippen LogP contribution in [0.25, 0.3) is 0 Å². The van der Waals surface area contributed by atoms with Crippen LogP contribution in [0.15, 0.2) is 11.4 Å². The highest BCUT2D eigenvalue weighted by molar-refractivity contribution is 7.10. The van der Waals surface area contributed by atoms with Gasteiger partial charge in [-0.05, 0) is 43.2 Å². The Morgan fingerprint density at radius 3 is 2.91 bits per heavy atom. The Morgan fingerprint density at radius 2 is 2.30 bits per heavy atom. The molecule has 6 heteroatoms. The second-order valence-electron chi connectivity index (χ2n) is 6.80. The van der Waals surface area contributed by atoms with Gasteiger partial charge in [-0.2, -0.15) is 0 Å². The number of methoxy groups -OCH3 is 1. The highest BCUT2D eigenvalue weighted by Crippen LogP contribution is 2.51. The first-order valence-electron chi connectivity index (χ1n) is 8.03. The van der Waals surface area contributed by atoms with Crippen LogP contribution < -0.4 is 0 Å². The molecule has 1 saturated heterocycles. The zero-order valence-corrected chi connectivity index (χ0v) is 14.4. The fourth-order valence-corrected chi connectivity index (χ4v) is 4.81. The number of carboxylic acids is 1. The topological polar surface area (TPSA) is 66.8 Å². The van der Waals surface area contributed by atoms with Crippen LogP contribution in [0.2, 0.25) is 0 Å². The van der Waals surface area contributed by atoms with E-state index in [-0.39, 0.29) is 25.0 Å². The molecule has 1 saturated carbocycles. The first-order chi connectivity index (χ1) is 11.0. The maximum atomic E-state index is 12.8. The molecule has 126 valence electrons. The van der Waals surface area contributed by atoms with Crippen LogP contribution in [0.5, 0.6) is 0 Å². The number of likely N-dealkylation sites (tertiary alicyclic amines) is 1. The van der Waals surface area contributed by atoms with Gasteiger partial charge in [0.1, 0.15) is 5.41 Å². The van der Waals surface area contributed by atoms with E-state index in [0.29, 0.717) is 18.9 Å². The predicted octanol–water partition coefficient (Wildman–Crippen LogP) is 2.50. The molecule has 3 rings (SSSR count). The molecule has 0 radical (unpaired) electrons. The SMILES string of the molecule is COCC1(C(=O)O)CCCN(C(=O)C2CC2c2sccc2C)C1. The number of piperidine rings is 1. The van der Waals surface area contributed by atoms with Gasteiger partial charge >= 0.3 is 5.97 Å². The van der Waals surface area contributed by atoms with Gasteiger partial charge in [0.2, 0.25) is 5.91 Å². The average molecular weight is 337 g/mol. The van der Waals surface area contributed by atoms with Gasteiger partial charge in [0.15, 0.2) is 0 Å². The lowest BCUT2D eigenvalue weighted by molar-refractivity contribution is -0.159. The monoisotopic (exact) mass is 337 g/mol. The van der Waals surface area contributed by atoms with Crippen LogP contribution in [0.1, 0.15) is 35.6 Å². The number of ether oxygens (including phenoxy) is 1. The molecule has 0 spiro atoms. The largest absolute Gasteiger partial charge is 0.481 e. The molecule has 2 aliphatic rings. The summed E-state index contributed by atoms with van der Waals surface area (Å²) in [4.78, 5) is 27.5. The van der Waals surface area contributed by atoms with Crippen molar-refractivity contribution in [2.75, 3.05) is 26.8 Å². The number of rotatable bonds is 5. The van der Waals surface area contributed by atoms with Crippen molar-refractivity contribution in [1.82, 2.24) is 4.90 Å². The van der Waals surface area contributed by atoms with Crippen LogP contribution in [0, 0.1) is 18.3 Å². The molecule has 5 nitrogen and oxygen atoms in total. The molecule has 2 heterocycles. The molecule has 2 fully saturated rings. The Labute approximate surface area is 140 Å². The van der Waals surface area contributed by atoms with Gasteiger partial charge < -0.3 is 14.7 Å². The van der Waals surface area contributed by atoms with E-state index in [0.717, 1.165) is 12.8 Å². The number of carbonyl (C=O) groups is 2. The predicted molar refractivity (Wildman–Crippen MR) is 87.7 cm³/mol. The molecule has 0 bridgehead atoms. The Balaban J connectivity index is 1.69. The lowest BCUT2D eigenvalue weighted by Gasteiger charge is -2.39. The Kier molecular flexibility index (Phi) is 4.47. The van der Waals surface area contributed by atoms with Crippen LogP contribution in [-0.2, 0) is 14.3 Å². The van der Waals surface area contributed by atoms with Crippen molar-refractivity contribution in [2.24, 2.45) is 11.3 Å². The Hall–Kier alpha value is -1.40. The molecule has 1 aromatic heterocycles. The number of aliphatic carboxylic acids is 1. The molecule has 1 amide bonds. The number of carboxylic acid groups (broad SMARTS) is 1. The lowest BCUT2D eigenvalue weighted by atomic mass is 9.80. The summed E-state index contributed by atoms with van der Waals surface area (Å²) in [5, 5.41) is 11.7. The van der Waals surface area contributed by atoms with Crippen molar-refractivity contribution in [2.45, 2.75) is 32.1 Å². The van der Waals surface area contributed by atoms with Gasteiger partial charge in [0.05, 0.1) is 6.61 Å². The maximum Gasteiger partial charge on any atom is 0.313 e. The van der Waals surface area contributed by atoms with Crippen molar-refractivity contribution in [3.05, 3.63) is 21.9 Å². The van der Waals surface area contributed by atoms with Gasteiger partial charge in [-0.1, -0.05) is 0 Å². The number of thiophene rings is 1. The third kappa shape index (κ3) is 3.02. The molecule has 3 atom stereocenters. The van der Waals surface area contributed by atoms with Crippen LogP contribution in [-0.4, -0.2) is 48.7 Å². The Bertz CT molecular complexity index is 609. The first kappa shape index (κ1) is 16.5. The van der Waals surface area contributed by atoms with Gasteiger partial charge in [-0.25, -0.2) is 0 Å². The fourth-order valence-electron chi connectivity index (χ4n) is 3.71. The highest BCUT2D eigenvalue weighted by Gasteiger charge is 2.50. The minimum atomic E-state index is -0.952. The molecule has 3 unspecified atom stereocenters. The summed E-state index contributed by atoms with van der Waals surface area (Å²) in [6.07, 6.45) is 2.18. The lowest BCUT2D eigenvalue weighted by Crippen LogP contribution is -2.52. The van der Waals surface area contributed by atoms with E-state index in [2.05, 4.69) is 18.4 Å². The maximum absolute atomic E-state index is 12.8. The quantitative estimate of drug-likeness (QED) is 0.896. The molecule has 1 N–H and O–H groups in total. The van der Waals surface area contributed by atoms with E-state index >= 15 is 0 Å². The van der Waals surface area contributed by atoms with Gasteiger partial charge in [-0.3, -0.25) is 9.59 Å². The van der Waals surface area contributed by atoms with Crippen LogP contribution in [0.3, 0.4) is 0 Å². The number of nitrogens with zero attached hydrogens (tertiary/aromatic N) is 1. The molecule has 0 aromatic carbocycles. The second-order valence-corrected chi connectivity index (χ2v) is 7.75. The van der Waals surface area contributed by atoms with Crippen LogP contribution in [0.4, 0.5) is 0 Å². The fraction of sp³-hybridized carbons (Fsp3) is 0.647. The summed E-state index contributed by atoms with van der Waals surface area (Å²) in [6.45, 7) is 3.16. The van der Waals surface area contributed by atoms with E-state index < -0.39 is 11.4 Å². The summed E-state index contributed by atoms with van der Waals surface area (Å²) < 4.78 is 5.13. The van der Waals surface area contributed by atoms with Gasteiger partial charge in [-0.15, -0.1) is 11.3 Å². The summed E-state index contributed by atoms with van der Waals surface area (Å²) in [6, 6.07) is 2.09. The molecule has 1 aromatic rings. The Morgan fingerprint density at radius 1 is 1.52 bits per heavy atom. The zero-order chi connectivity index (χ0) is 16.6. The minimum Gasteiger partial charge on any atom is -0.481 e. The van der Waals surface area contributed by atoms with Crippen molar-refractivity contribution < 1.29 is 19.4 Å². The third-order valence-corrected chi connectivity index (χ3v) is 6.26. The first-order valence-corrected chi connectivity index (χ1v) is 8.91. The number of carbonyl (C=O) groups excluding carboxylic acids is 1. The average Bonchev–Trinajstić information content (AvgIpc) is 3.21. The van der Waals surface area contributed by atoms with E-state index in [1.54, 1.807) is 16.2 Å². The van der Waals surface area contributed by atoms with E-state index in [9.17, 15) is 14.7 Å². The summed E-state index contributed by atoms with van der Waals surface area (Å²) >= 11 is 1.72. The molecular weight excluding hydrogens is 314 g/mol. The van der Waals surface area contributed by atoms with Crippen molar-refractivity contribution in [3.63, 3.8) is 0 Å². The zero-order valence-electron chi connectivity index (χ0n) is 13.6.